The molecular formula is C17H36NOPS2. The van der Waals surface area contributed by atoms with Gasteiger partial charge in [0, 0.05) is 12.3 Å². The largest absolute Gasteiger partial charge is 0.322 e. The molecule has 0 aliphatic heterocycles. The molecule has 2 atom stereocenters. The van der Waals surface area contributed by atoms with E-state index in [-0.39, 0.29) is 0 Å². The van der Waals surface area contributed by atoms with E-state index in [1.165, 1.54) is 38.5 Å². The second kappa shape index (κ2) is 12.8. The molecule has 0 fully saturated rings. The van der Waals surface area contributed by atoms with Crippen LogP contribution in [0, 0.1) is 11.8 Å². The average Bonchev–Trinajstić information content (AvgIpc) is 2.47. The molecule has 0 amide bonds. The lowest BCUT2D eigenvalue weighted by Crippen LogP contribution is -2.24. The van der Waals surface area contributed by atoms with Crippen LogP contribution in [0.1, 0.15) is 79.1 Å². The van der Waals surface area contributed by atoms with E-state index in [2.05, 4.69) is 45.4 Å². The molecule has 2 nitrogen and oxygen atoms in total. The first-order chi connectivity index (χ1) is 10.4. The zero-order chi connectivity index (χ0) is 17.0. The predicted molar refractivity (Wildman–Crippen MR) is 109 cm³/mol. The van der Waals surface area contributed by atoms with Gasteiger partial charge in [0.1, 0.15) is 4.32 Å². The van der Waals surface area contributed by atoms with Crippen molar-refractivity contribution in [3.05, 3.63) is 0 Å². The molecule has 0 aromatic carbocycles. The molecule has 5 heteroatoms. The molecule has 0 saturated heterocycles. The lowest BCUT2D eigenvalue weighted by molar-refractivity contribution is 0.461. The fraction of sp³-hybridized carbons (Fsp3) is 0.941. The first-order valence-corrected chi connectivity index (χ1v) is 11.9. The molecule has 0 saturated carbocycles. The molecule has 0 spiro atoms. The Hall–Kier alpha value is 0.470. The van der Waals surface area contributed by atoms with E-state index in [9.17, 15) is 4.57 Å². The van der Waals surface area contributed by atoms with Gasteiger partial charge in [0.2, 0.25) is 0 Å². The fourth-order valence-corrected chi connectivity index (χ4v) is 7.28. The molecule has 0 aliphatic rings. The third-order valence-corrected chi connectivity index (χ3v) is 7.88. The summed E-state index contributed by atoms with van der Waals surface area (Å²) in [6.07, 6.45) is 10.9. The lowest BCUT2D eigenvalue weighted by Gasteiger charge is -2.28. The molecule has 0 aliphatic carbocycles. The molecule has 0 radical (unpaired) electrons. The Balaban J connectivity index is 4.87. The van der Waals surface area contributed by atoms with Crippen LogP contribution in [-0.4, -0.2) is 16.6 Å². The van der Waals surface area contributed by atoms with Crippen molar-refractivity contribution in [1.82, 2.24) is 5.09 Å². The van der Waals surface area contributed by atoms with E-state index in [0.717, 1.165) is 25.2 Å². The standard InChI is InChI=1S/C17H36NOPS2/c1-5-9-11-15(7-3)13-20(19,18-17(21)22)14-16(8-4)12-10-6-2/h15-16H,5-14H2,1-4H3,(H2,18,19,21,22). The number of hydrogen-bond donors (Lipinski definition) is 2. The number of nitrogens with one attached hydrogen (secondary N) is 1. The minimum Gasteiger partial charge on any atom is -0.322 e. The molecule has 0 bridgehead atoms. The Labute approximate surface area is 149 Å². The Morgan fingerprint density at radius 2 is 1.41 bits per heavy atom. The summed E-state index contributed by atoms with van der Waals surface area (Å²) < 4.78 is 13.8. The summed E-state index contributed by atoms with van der Waals surface area (Å²) in [5, 5.41) is 3.09. The highest BCUT2D eigenvalue weighted by Gasteiger charge is 2.29. The van der Waals surface area contributed by atoms with Gasteiger partial charge >= 0.3 is 0 Å². The Morgan fingerprint density at radius 3 is 1.68 bits per heavy atom. The minimum atomic E-state index is -2.47. The average molecular weight is 366 g/mol. The maximum Gasteiger partial charge on any atom is 0.171 e. The van der Waals surface area contributed by atoms with Crippen LogP contribution in [0.2, 0.25) is 0 Å². The highest BCUT2D eigenvalue weighted by atomic mass is 32.1. The zero-order valence-corrected chi connectivity index (χ0v) is 17.5. The zero-order valence-electron chi connectivity index (χ0n) is 14.9. The van der Waals surface area contributed by atoms with E-state index in [1.807, 2.05) is 0 Å². The topological polar surface area (TPSA) is 29.1 Å². The summed E-state index contributed by atoms with van der Waals surface area (Å²) >= 11 is 9.26. The number of rotatable bonds is 13. The van der Waals surface area contributed by atoms with Crippen molar-refractivity contribution in [2.24, 2.45) is 11.8 Å². The molecule has 1 N–H and O–H groups in total. The van der Waals surface area contributed by atoms with Gasteiger partial charge in [-0.2, -0.15) is 0 Å². The summed E-state index contributed by atoms with van der Waals surface area (Å²) in [6, 6.07) is 0. The number of thiol groups is 1. The fourth-order valence-electron chi connectivity index (χ4n) is 3.01. The Bertz CT molecular complexity index is 328. The molecule has 22 heavy (non-hydrogen) atoms. The molecule has 0 rings (SSSR count). The van der Waals surface area contributed by atoms with Crippen LogP contribution in [0.4, 0.5) is 0 Å². The number of unbranched alkanes of at least 4 members (excludes halogenated alkanes) is 2. The molecular weight excluding hydrogens is 329 g/mol. The SMILES string of the molecule is CCCCC(CC)CP(=O)(CC(CC)CCCC)NC(=S)S. The highest BCUT2D eigenvalue weighted by Crippen LogP contribution is 2.47. The normalized spacial score (nSPS) is 16.8. The van der Waals surface area contributed by atoms with E-state index in [1.54, 1.807) is 0 Å². The summed E-state index contributed by atoms with van der Waals surface area (Å²) in [5.74, 6) is 1.06. The van der Waals surface area contributed by atoms with Gasteiger partial charge in [-0.3, -0.25) is 0 Å². The molecule has 0 aromatic rings. The monoisotopic (exact) mass is 365 g/mol. The third kappa shape index (κ3) is 10.3. The van der Waals surface area contributed by atoms with Crippen molar-refractivity contribution in [3.8, 4) is 0 Å². The summed E-state index contributed by atoms with van der Waals surface area (Å²) in [7, 11) is -2.47. The van der Waals surface area contributed by atoms with Crippen LogP contribution in [-0.2, 0) is 4.57 Å². The van der Waals surface area contributed by atoms with Crippen LogP contribution in [0.3, 0.4) is 0 Å². The van der Waals surface area contributed by atoms with Gasteiger partial charge in [-0.15, -0.1) is 12.6 Å². The van der Waals surface area contributed by atoms with Crippen LogP contribution >= 0.6 is 32.1 Å². The number of hydrogen-bond acceptors (Lipinski definition) is 2. The van der Waals surface area contributed by atoms with Gasteiger partial charge in [0.15, 0.2) is 7.29 Å². The first-order valence-electron chi connectivity index (χ1n) is 8.99. The van der Waals surface area contributed by atoms with Crippen molar-refractivity contribution >= 4 is 36.5 Å². The Morgan fingerprint density at radius 1 is 1.00 bits per heavy atom. The second-order valence-electron chi connectivity index (χ2n) is 6.50. The van der Waals surface area contributed by atoms with Crippen LogP contribution in [0.15, 0.2) is 0 Å². The van der Waals surface area contributed by atoms with Gasteiger partial charge in [0.05, 0.1) is 0 Å². The molecule has 132 valence electrons. The lowest BCUT2D eigenvalue weighted by atomic mass is 10.0. The van der Waals surface area contributed by atoms with Gasteiger partial charge in [-0.05, 0) is 24.7 Å². The summed E-state index contributed by atoms with van der Waals surface area (Å²) in [5.41, 5.74) is 0. The van der Waals surface area contributed by atoms with E-state index in [0.29, 0.717) is 16.2 Å². The summed E-state index contributed by atoms with van der Waals surface area (Å²) in [6.45, 7) is 8.84. The second-order valence-corrected chi connectivity index (χ2v) is 10.4. The van der Waals surface area contributed by atoms with Crippen LogP contribution in [0.25, 0.3) is 0 Å². The molecule has 0 aromatic heterocycles. The van der Waals surface area contributed by atoms with E-state index in [4.69, 9.17) is 12.2 Å². The summed E-state index contributed by atoms with van der Waals surface area (Å²) in [4.78, 5) is 0. The molecule has 2 unspecified atom stereocenters. The Kier molecular flexibility index (Phi) is 13.1. The van der Waals surface area contributed by atoms with Crippen molar-refractivity contribution in [3.63, 3.8) is 0 Å². The minimum absolute atomic E-state index is 0.388. The highest BCUT2D eigenvalue weighted by molar-refractivity contribution is 8.11. The van der Waals surface area contributed by atoms with Crippen molar-refractivity contribution in [2.75, 3.05) is 12.3 Å². The maximum absolute atomic E-state index is 13.4. The van der Waals surface area contributed by atoms with Crippen molar-refractivity contribution in [2.45, 2.75) is 79.1 Å². The van der Waals surface area contributed by atoms with Gasteiger partial charge in [0.25, 0.3) is 0 Å². The van der Waals surface area contributed by atoms with Gasteiger partial charge < -0.3 is 9.65 Å². The van der Waals surface area contributed by atoms with Gasteiger partial charge in [-0.1, -0.05) is 78.4 Å². The van der Waals surface area contributed by atoms with E-state index >= 15 is 0 Å². The third-order valence-electron chi connectivity index (χ3n) is 4.49. The van der Waals surface area contributed by atoms with Crippen molar-refractivity contribution < 1.29 is 4.57 Å². The molecule has 0 heterocycles. The maximum atomic E-state index is 13.4. The number of thiocarbonyl (C=S) groups is 1. The van der Waals surface area contributed by atoms with Crippen LogP contribution in [0.5, 0.6) is 0 Å². The first kappa shape index (κ1) is 22.5. The quantitative estimate of drug-likeness (QED) is 0.222. The van der Waals surface area contributed by atoms with Crippen LogP contribution < -0.4 is 5.09 Å². The van der Waals surface area contributed by atoms with Gasteiger partial charge in [-0.25, -0.2) is 0 Å². The predicted octanol–water partition coefficient (Wildman–Crippen LogP) is 6.50. The van der Waals surface area contributed by atoms with E-state index < -0.39 is 7.29 Å². The van der Waals surface area contributed by atoms with Crippen molar-refractivity contribution in [1.29, 1.82) is 0 Å². The smallest absolute Gasteiger partial charge is 0.171 e.